The summed E-state index contributed by atoms with van der Waals surface area (Å²) in [5.41, 5.74) is -0.126. The Bertz CT molecular complexity index is 332. The second-order valence-corrected chi connectivity index (χ2v) is 3.97. The van der Waals surface area contributed by atoms with E-state index in [2.05, 4.69) is 36.1 Å². The fourth-order valence-corrected chi connectivity index (χ4v) is 1.47. The average molecular weight is 195 g/mol. The second-order valence-electron chi connectivity index (χ2n) is 3.97. The summed E-state index contributed by atoms with van der Waals surface area (Å²) in [6, 6.07) is 1.81. The number of rotatable bonds is 4. The van der Waals surface area contributed by atoms with Crippen LogP contribution in [0.5, 0.6) is 0 Å². The molecule has 0 bridgehead atoms. The van der Waals surface area contributed by atoms with Crippen LogP contribution in [0, 0.1) is 5.92 Å². The minimum absolute atomic E-state index is 0.126. The summed E-state index contributed by atoms with van der Waals surface area (Å²) in [4.78, 5) is 17.5. The third-order valence-corrected chi connectivity index (χ3v) is 1.90. The monoisotopic (exact) mass is 195 g/mol. The maximum absolute atomic E-state index is 11.0. The average Bonchev–Trinajstić information content (AvgIpc) is 2.01. The maximum atomic E-state index is 11.0. The predicted molar refractivity (Wildman–Crippen MR) is 57.4 cm³/mol. The molecule has 4 nitrogen and oxygen atoms in total. The number of aromatic nitrogens is 2. The fraction of sp³-hybridized carbons (Fsp3) is 0.600. The standard InChI is InChI=1S/C10H17N3O/c1-7(2)4-8(3)13-9-5-10(14)12-6-11-9/h5-8H,4H2,1-3H3,(H2,11,12,13,14). The van der Waals surface area contributed by atoms with Gasteiger partial charge < -0.3 is 10.3 Å². The van der Waals surface area contributed by atoms with Crippen LogP contribution in [0.2, 0.25) is 0 Å². The van der Waals surface area contributed by atoms with Gasteiger partial charge in [-0.05, 0) is 19.3 Å². The van der Waals surface area contributed by atoms with Crippen LogP contribution in [0.4, 0.5) is 5.82 Å². The Balaban J connectivity index is 2.56. The molecule has 0 spiro atoms. The van der Waals surface area contributed by atoms with Gasteiger partial charge in [0, 0.05) is 12.1 Å². The van der Waals surface area contributed by atoms with E-state index in [1.807, 2.05) is 0 Å². The van der Waals surface area contributed by atoms with Crippen LogP contribution >= 0.6 is 0 Å². The summed E-state index contributed by atoms with van der Waals surface area (Å²) < 4.78 is 0. The third kappa shape index (κ3) is 3.60. The number of hydrogen-bond donors (Lipinski definition) is 2. The van der Waals surface area contributed by atoms with Gasteiger partial charge in [-0.1, -0.05) is 13.8 Å². The Morgan fingerprint density at radius 2 is 2.21 bits per heavy atom. The van der Waals surface area contributed by atoms with Gasteiger partial charge in [-0.2, -0.15) is 0 Å². The van der Waals surface area contributed by atoms with Crippen LogP contribution in [0.1, 0.15) is 27.2 Å². The molecule has 1 aromatic heterocycles. The second kappa shape index (κ2) is 4.79. The van der Waals surface area contributed by atoms with E-state index in [1.54, 1.807) is 0 Å². The molecule has 14 heavy (non-hydrogen) atoms. The Kier molecular flexibility index (Phi) is 3.68. The molecule has 0 fully saturated rings. The molecule has 0 aliphatic carbocycles. The Hall–Kier alpha value is -1.32. The summed E-state index contributed by atoms with van der Waals surface area (Å²) in [5.74, 6) is 1.28. The van der Waals surface area contributed by atoms with Gasteiger partial charge in [0.1, 0.15) is 5.82 Å². The Morgan fingerprint density at radius 1 is 1.50 bits per heavy atom. The van der Waals surface area contributed by atoms with E-state index in [0.29, 0.717) is 17.8 Å². The van der Waals surface area contributed by atoms with E-state index in [1.165, 1.54) is 12.4 Å². The molecular formula is C10H17N3O. The molecule has 4 heteroatoms. The number of H-pyrrole nitrogens is 1. The molecule has 78 valence electrons. The largest absolute Gasteiger partial charge is 0.367 e. The van der Waals surface area contributed by atoms with Gasteiger partial charge in [0.2, 0.25) is 0 Å². The molecule has 0 aliphatic heterocycles. The van der Waals surface area contributed by atoms with E-state index in [0.717, 1.165) is 6.42 Å². The van der Waals surface area contributed by atoms with Crippen molar-refractivity contribution in [3.8, 4) is 0 Å². The smallest absolute Gasteiger partial charge is 0.252 e. The molecule has 1 heterocycles. The van der Waals surface area contributed by atoms with Gasteiger partial charge in [-0.3, -0.25) is 4.79 Å². The number of nitrogens with zero attached hydrogens (tertiary/aromatic N) is 1. The van der Waals surface area contributed by atoms with Crippen LogP contribution in [0.15, 0.2) is 17.2 Å². The SMILES string of the molecule is CC(C)CC(C)Nc1cc(=O)[nH]cn1. The first-order valence-electron chi connectivity index (χ1n) is 4.89. The van der Waals surface area contributed by atoms with Gasteiger partial charge in [0.05, 0.1) is 6.33 Å². The van der Waals surface area contributed by atoms with E-state index >= 15 is 0 Å². The van der Waals surface area contributed by atoms with E-state index in [4.69, 9.17) is 0 Å². The highest BCUT2D eigenvalue weighted by Crippen LogP contribution is 2.08. The molecule has 2 N–H and O–H groups in total. The van der Waals surface area contributed by atoms with Gasteiger partial charge >= 0.3 is 0 Å². The molecule has 0 saturated carbocycles. The van der Waals surface area contributed by atoms with Crippen LogP contribution in [0.25, 0.3) is 0 Å². The van der Waals surface area contributed by atoms with Crippen molar-refractivity contribution in [2.24, 2.45) is 5.92 Å². The molecule has 0 radical (unpaired) electrons. The summed E-state index contributed by atoms with van der Waals surface area (Å²) in [6.07, 6.45) is 2.47. The first-order chi connectivity index (χ1) is 6.58. The predicted octanol–water partition coefficient (Wildman–Crippen LogP) is 1.62. The lowest BCUT2D eigenvalue weighted by Crippen LogP contribution is -2.19. The van der Waals surface area contributed by atoms with Crippen molar-refractivity contribution < 1.29 is 0 Å². The van der Waals surface area contributed by atoms with Crippen molar-refractivity contribution in [1.29, 1.82) is 0 Å². The van der Waals surface area contributed by atoms with Crippen LogP contribution in [-0.4, -0.2) is 16.0 Å². The van der Waals surface area contributed by atoms with Gasteiger partial charge in [-0.15, -0.1) is 0 Å². The molecule has 1 rings (SSSR count). The lowest BCUT2D eigenvalue weighted by molar-refractivity contribution is 0.538. The lowest BCUT2D eigenvalue weighted by Gasteiger charge is -2.15. The quantitative estimate of drug-likeness (QED) is 0.767. The number of aromatic amines is 1. The first-order valence-corrected chi connectivity index (χ1v) is 4.89. The minimum atomic E-state index is -0.126. The van der Waals surface area contributed by atoms with Crippen molar-refractivity contribution in [2.75, 3.05) is 5.32 Å². The number of hydrogen-bond acceptors (Lipinski definition) is 3. The topological polar surface area (TPSA) is 57.8 Å². The highest BCUT2D eigenvalue weighted by Gasteiger charge is 2.05. The summed E-state index contributed by atoms with van der Waals surface area (Å²) >= 11 is 0. The fourth-order valence-electron chi connectivity index (χ4n) is 1.47. The maximum Gasteiger partial charge on any atom is 0.252 e. The van der Waals surface area contributed by atoms with Crippen LogP contribution in [-0.2, 0) is 0 Å². The van der Waals surface area contributed by atoms with Crippen molar-refractivity contribution >= 4 is 5.82 Å². The van der Waals surface area contributed by atoms with Crippen LogP contribution in [0.3, 0.4) is 0 Å². The summed E-state index contributed by atoms with van der Waals surface area (Å²) in [7, 11) is 0. The molecule has 1 unspecified atom stereocenters. The van der Waals surface area contributed by atoms with Crippen LogP contribution < -0.4 is 10.9 Å². The van der Waals surface area contributed by atoms with E-state index in [-0.39, 0.29) is 5.56 Å². The lowest BCUT2D eigenvalue weighted by atomic mass is 10.1. The van der Waals surface area contributed by atoms with Gasteiger partial charge in [-0.25, -0.2) is 4.98 Å². The zero-order valence-electron chi connectivity index (χ0n) is 8.87. The zero-order valence-corrected chi connectivity index (χ0v) is 8.87. The van der Waals surface area contributed by atoms with Crippen molar-refractivity contribution in [1.82, 2.24) is 9.97 Å². The highest BCUT2D eigenvalue weighted by atomic mass is 16.1. The number of nitrogens with one attached hydrogen (secondary N) is 2. The van der Waals surface area contributed by atoms with Crippen molar-refractivity contribution in [3.63, 3.8) is 0 Å². The van der Waals surface area contributed by atoms with Gasteiger partial charge in [0.15, 0.2) is 0 Å². The first kappa shape index (κ1) is 10.8. The number of anilines is 1. The summed E-state index contributed by atoms with van der Waals surface area (Å²) in [6.45, 7) is 6.43. The molecule has 1 aromatic rings. The molecule has 0 amide bonds. The Morgan fingerprint density at radius 3 is 2.79 bits per heavy atom. The third-order valence-electron chi connectivity index (χ3n) is 1.90. The normalized spacial score (nSPS) is 12.9. The highest BCUT2D eigenvalue weighted by molar-refractivity contribution is 5.32. The summed E-state index contributed by atoms with van der Waals surface area (Å²) in [5, 5.41) is 3.18. The molecule has 0 aliphatic rings. The minimum Gasteiger partial charge on any atom is -0.367 e. The van der Waals surface area contributed by atoms with Crippen molar-refractivity contribution in [3.05, 3.63) is 22.7 Å². The van der Waals surface area contributed by atoms with Gasteiger partial charge in [0.25, 0.3) is 5.56 Å². The van der Waals surface area contributed by atoms with Crippen molar-refractivity contribution in [2.45, 2.75) is 33.2 Å². The molecule has 0 saturated heterocycles. The molecule has 0 aromatic carbocycles. The van der Waals surface area contributed by atoms with E-state index in [9.17, 15) is 4.79 Å². The molecule has 1 atom stereocenters. The molecular weight excluding hydrogens is 178 g/mol. The zero-order chi connectivity index (χ0) is 10.6. The Labute approximate surface area is 83.8 Å². The van der Waals surface area contributed by atoms with E-state index < -0.39 is 0 Å².